The molecule has 0 aromatic carbocycles. The van der Waals surface area contributed by atoms with Crippen LogP contribution in [0.5, 0.6) is 0 Å². The summed E-state index contributed by atoms with van der Waals surface area (Å²) in [4.78, 5) is 0. The normalized spacial score (nSPS) is 13.4. The first-order valence-electron chi connectivity index (χ1n) is 6.67. The van der Waals surface area contributed by atoms with E-state index < -0.39 is 16.7 Å². The molecule has 0 amide bonds. The molecule has 0 aromatic rings. The molecule has 116 valence electrons. The van der Waals surface area contributed by atoms with Crippen LogP contribution in [0.4, 0.5) is 0 Å². The summed E-state index contributed by atoms with van der Waals surface area (Å²) in [5, 5.41) is 0. The van der Waals surface area contributed by atoms with E-state index in [1.807, 2.05) is 13.8 Å². The van der Waals surface area contributed by atoms with Crippen molar-refractivity contribution in [3.8, 4) is 0 Å². The van der Waals surface area contributed by atoms with Crippen molar-refractivity contribution >= 4 is 28.5 Å². The van der Waals surface area contributed by atoms with E-state index in [0.29, 0.717) is 13.1 Å². The molecule has 0 aliphatic carbocycles. The molecule has 0 atom stereocenters. The Labute approximate surface area is 122 Å². The zero-order valence-corrected chi connectivity index (χ0v) is 14.6. The molecule has 0 saturated heterocycles. The Balaban J connectivity index is 5.19. The van der Waals surface area contributed by atoms with E-state index in [9.17, 15) is 8.42 Å². The van der Waals surface area contributed by atoms with Gasteiger partial charge in [0.1, 0.15) is 6.49 Å². The fourth-order valence-corrected chi connectivity index (χ4v) is 6.15. The van der Waals surface area contributed by atoms with Crippen molar-refractivity contribution in [2.75, 3.05) is 19.6 Å². The Morgan fingerprint density at radius 3 is 1.74 bits per heavy atom. The van der Waals surface area contributed by atoms with Crippen LogP contribution in [0.2, 0.25) is 0 Å². The number of unbranched alkanes of at least 4 members (excludes halogenated alkanes) is 2. The Hall–Kier alpha value is 0.440. The van der Waals surface area contributed by atoms with Gasteiger partial charge < -0.3 is 0 Å². The molecule has 0 heterocycles. The molecule has 0 aromatic heterocycles. The van der Waals surface area contributed by atoms with Crippen LogP contribution in [-0.4, -0.2) is 36.4 Å². The Morgan fingerprint density at radius 1 is 1.05 bits per heavy atom. The van der Waals surface area contributed by atoms with E-state index in [-0.39, 0.29) is 6.54 Å². The molecule has 0 aliphatic heterocycles. The quantitative estimate of drug-likeness (QED) is 0.594. The lowest BCUT2D eigenvalue weighted by molar-refractivity contribution is 0.373. The number of nitrogens with two attached hydrogens (primary N) is 2. The number of rotatable bonds is 10. The summed E-state index contributed by atoms with van der Waals surface area (Å²) in [5.41, 5.74) is 11.4. The minimum Gasteiger partial charge on any atom is -0.279 e. The molecule has 0 unspecified atom stereocenters. The van der Waals surface area contributed by atoms with Crippen LogP contribution in [0, 0.1) is 0 Å². The van der Waals surface area contributed by atoms with E-state index in [1.54, 1.807) is 6.92 Å². The Morgan fingerprint density at radius 2 is 1.47 bits per heavy atom. The molecule has 0 fully saturated rings. The summed E-state index contributed by atoms with van der Waals surface area (Å²) in [6.07, 6.45) is 3.50. The summed E-state index contributed by atoms with van der Waals surface area (Å²) >= 11 is 4.98. The molecule has 6 nitrogen and oxygen atoms in total. The van der Waals surface area contributed by atoms with Crippen molar-refractivity contribution in [1.82, 2.24) is 8.38 Å². The summed E-state index contributed by atoms with van der Waals surface area (Å²) in [7, 11) is -3.65. The number of hydrogen-bond donors (Lipinski definition) is 2. The molecule has 0 bridgehead atoms. The minimum absolute atomic E-state index is 0.210. The average molecular weight is 330 g/mol. The maximum atomic E-state index is 12.6. The third-order valence-corrected chi connectivity index (χ3v) is 7.85. The highest BCUT2D eigenvalue weighted by molar-refractivity contribution is 8.15. The largest absolute Gasteiger partial charge is 0.287 e. The van der Waals surface area contributed by atoms with Gasteiger partial charge in [-0.1, -0.05) is 33.6 Å². The zero-order chi connectivity index (χ0) is 15.1. The SMILES string of the molecule is CCCCN(CCCC)S(=O)(=O)N(CC)P(N)(N)=S. The second-order valence-corrected chi connectivity index (χ2v) is 10.1. The average Bonchev–Trinajstić information content (AvgIpc) is 2.27. The van der Waals surface area contributed by atoms with Crippen molar-refractivity contribution in [2.24, 2.45) is 11.0 Å². The smallest absolute Gasteiger partial charge is 0.279 e. The van der Waals surface area contributed by atoms with Crippen molar-refractivity contribution in [2.45, 2.75) is 46.5 Å². The molecule has 19 heavy (non-hydrogen) atoms. The molecule has 0 radical (unpaired) electrons. The zero-order valence-electron chi connectivity index (χ0n) is 12.1. The highest BCUT2D eigenvalue weighted by atomic mass is 32.5. The third-order valence-electron chi connectivity index (χ3n) is 2.73. The van der Waals surface area contributed by atoms with Crippen LogP contribution in [0.15, 0.2) is 0 Å². The second kappa shape index (κ2) is 8.67. The first-order valence-corrected chi connectivity index (χ1v) is 11.0. The van der Waals surface area contributed by atoms with Gasteiger partial charge in [-0.15, -0.1) is 4.08 Å². The van der Waals surface area contributed by atoms with E-state index >= 15 is 0 Å². The lowest BCUT2D eigenvalue weighted by Gasteiger charge is -2.32. The van der Waals surface area contributed by atoms with E-state index in [1.165, 1.54) is 4.31 Å². The van der Waals surface area contributed by atoms with Crippen LogP contribution in [0.25, 0.3) is 0 Å². The molecule has 0 spiro atoms. The van der Waals surface area contributed by atoms with Gasteiger partial charge in [0.2, 0.25) is 0 Å². The van der Waals surface area contributed by atoms with E-state index in [4.69, 9.17) is 22.8 Å². The van der Waals surface area contributed by atoms with E-state index in [2.05, 4.69) is 0 Å². The monoisotopic (exact) mass is 330 g/mol. The van der Waals surface area contributed by atoms with Gasteiger partial charge in [-0.3, -0.25) is 11.0 Å². The van der Waals surface area contributed by atoms with Crippen LogP contribution in [-0.2, 0) is 22.0 Å². The first kappa shape index (κ1) is 19.4. The van der Waals surface area contributed by atoms with E-state index in [0.717, 1.165) is 29.8 Å². The van der Waals surface area contributed by atoms with Crippen molar-refractivity contribution in [1.29, 1.82) is 0 Å². The van der Waals surface area contributed by atoms with Crippen molar-refractivity contribution in [3.63, 3.8) is 0 Å². The first-order chi connectivity index (χ1) is 8.71. The Bertz CT molecular complexity index is 388. The fourth-order valence-electron chi connectivity index (χ4n) is 1.69. The van der Waals surface area contributed by atoms with Gasteiger partial charge in [0.15, 0.2) is 0 Å². The topological polar surface area (TPSA) is 92.7 Å². The molecular weight excluding hydrogens is 303 g/mol. The van der Waals surface area contributed by atoms with Gasteiger partial charge in [-0.05, 0) is 24.6 Å². The minimum atomic E-state index is -3.65. The lowest BCUT2D eigenvalue weighted by Crippen LogP contribution is -2.45. The number of nitrogens with zero attached hydrogens (tertiary/aromatic N) is 2. The summed E-state index contributed by atoms with van der Waals surface area (Å²) in [6.45, 7) is 3.97. The van der Waals surface area contributed by atoms with Crippen LogP contribution in [0.1, 0.15) is 46.5 Å². The maximum Gasteiger partial charge on any atom is 0.287 e. The molecular formula is C10H27N4O2PS2. The van der Waals surface area contributed by atoms with Crippen LogP contribution >= 0.6 is 6.49 Å². The predicted molar refractivity (Wildman–Crippen MR) is 85.3 cm³/mol. The predicted octanol–water partition coefficient (Wildman–Crippen LogP) is 1.60. The molecule has 0 saturated carbocycles. The standard InChI is InChI=1S/C10H27N4O2PS2/c1-4-7-9-13(10-8-5-2)19(15,16)14(6-3)17(11,12)18/h4-10H2,1-3H3,(H4,11,12,18). The molecule has 0 aliphatic rings. The third kappa shape index (κ3) is 6.16. The summed E-state index contributed by atoms with van der Waals surface area (Å²) in [5.74, 6) is 0. The van der Waals surface area contributed by atoms with Gasteiger partial charge >= 0.3 is 0 Å². The van der Waals surface area contributed by atoms with Gasteiger partial charge in [-0.2, -0.15) is 12.7 Å². The van der Waals surface area contributed by atoms with Gasteiger partial charge in [-0.25, -0.2) is 0 Å². The summed E-state index contributed by atoms with van der Waals surface area (Å²) < 4.78 is 27.7. The van der Waals surface area contributed by atoms with Gasteiger partial charge in [0.05, 0.1) is 0 Å². The maximum absolute atomic E-state index is 12.6. The van der Waals surface area contributed by atoms with Crippen LogP contribution in [0.3, 0.4) is 0 Å². The summed E-state index contributed by atoms with van der Waals surface area (Å²) in [6, 6.07) is 0. The highest BCUT2D eigenvalue weighted by Gasteiger charge is 2.33. The lowest BCUT2D eigenvalue weighted by atomic mass is 10.3. The Kier molecular flexibility index (Phi) is 8.87. The van der Waals surface area contributed by atoms with Gasteiger partial charge in [0, 0.05) is 19.6 Å². The molecule has 0 rings (SSSR count). The van der Waals surface area contributed by atoms with Crippen LogP contribution < -0.4 is 11.0 Å². The van der Waals surface area contributed by atoms with Crippen molar-refractivity contribution in [3.05, 3.63) is 0 Å². The fraction of sp³-hybridized carbons (Fsp3) is 1.00. The number of hydrogen-bond acceptors (Lipinski definition) is 3. The molecule has 9 heteroatoms. The van der Waals surface area contributed by atoms with Gasteiger partial charge in [0.25, 0.3) is 10.2 Å². The molecule has 4 N–H and O–H groups in total. The van der Waals surface area contributed by atoms with Crippen molar-refractivity contribution < 1.29 is 8.42 Å². The highest BCUT2D eigenvalue weighted by Crippen LogP contribution is 2.36. The second-order valence-electron chi connectivity index (χ2n) is 4.42.